The molecule has 4 rings (SSSR count). The van der Waals surface area contributed by atoms with E-state index in [9.17, 15) is 0 Å². The Morgan fingerprint density at radius 1 is 1.00 bits per heavy atom. The fourth-order valence-electron chi connectivity index (χ4n) is 2.82. The first-order valence-electron chi connectivity index (χ1n) is 5.93. The van der Waals surface area contributed by atoms with Gasteiger partial charge >= 0.3 is 0 Å². The molecule has 1 heterocycles. The molecule has 1 aliphatic carbocycles. The van der Waals surface area contributed by atoms with E-state index in [1.807, 2.05) is 11.3 Å². The Labute approximate surface area is 104 Å². The summed E-state index contributed by atoms with van der Waals surface area (Å²) in [5.41, 5.74) is 4.42. The van der Waals surface area contributed by atoms with Crippen LogP contribution in [0.25, 0.3) is 26.2 Å². The lowest BCUT2D eigenvalue weighted by Crippen LogP contribution is -1.83. The van der Waals surface area contributed by atoms with Crippen LogP contribution in [0.5, 0.6) is 0 Å². The molecule has 0 fully saturated rings. The Hall–Kier alpha value is -1.60. The lowest BCUT2D eigenvalue weighted by Gasteiger charge is -2.01. The molecule has 0 nitrogen and oxygen atoms in total. The third kappa shape index (κ3) is 1.23. The van der Waals surface area contributed by atoms with Crippen LogP contribution in [0, 0.1) is 0 Å². The van der Waals surface area contributed by atoms with Gasteiger partial charge in [0, 0.05) is 20.2 Å². The molecule has 1 aliphatic rings. The molecular weight excluding hydrogens is 224 g/mol. The zero-order valence-corrected chi connectivity index (χ0v) is 10.5. The molecule has 0 aliphatic heterocycles. The molecule has 0 spiro atoms. The fourth-order valence-corrected chi connectivity index (χ4v) is 3.96. The minimum absolute atomic E-state index is 1.12. The summed E-state index contributed by atoms with van der Waals surface area (Å²) in [5, 5.41) is 2.91. The van der Waals surface area contributed by atoms with Crippen molar-refractivity contribution in [3.8, 4) is 0 Å². The summed E-state index contributed by atoms with van der Waals surface area (Å²) >= 11 is 1.91. The van der Waals surface area contributed by atoms with Crippen molar-refractivity contribution in [2.24, 2.45) is 0 Å². The quantitative estimate of drug-likeness (QED) is 0.514. The van der Waals surface area contributed by atoms with Gasteiger partial charge in [-0.15, -0.1) is 11.3 Å². The van der Waals surface area contributed by atoms with Crippen LogP contribution in [0.4, 0.5) is 0 Å². The first kappa shape index (κ1) is 9.43. The summed E-state index contributed by atoms with van der Waals surface area (Å²) in [6, 6.07) is 13.3. The molecule has 82 valence electrons. The van der Waals surface area contributed by atoms with Gasteiger partial charge in [-0.05, 0) is 36.6 Å². The number of hydrogen-bond acceptors (Lipinski definition) is 1. The van der Waals surface area contributed by atoms with Gasteiger partial charge in [0.15, 0.2) is 0 Å². The van der Waals surface area contributed by atoms with E-state index in [0.29, 0.717) is 0 Å². The maximum atomic E-state index is 2.32. The third-order valence-electron chi connectivity index (χ3n) is 3.54. The van der Waals surface area contributed by atoms with Gasteiger partial charge in [-0.1, -0.05) is 35.9 Å². The predicted molar refractivity (Wildman–Crippen MR) is 76.7 cm³/mol. The minimum Gasteiger partial charge on any atom is -0.135 e. The molecular formula is C16H12S. The van der Waals surface area contributed by atoms with Crippen LogP contribution in [0.1, 0.15) is 18.1 Å². The van der Waals surface area contributed by atoms with Crippen molar-refractivity contribution < 1.29 is 0 Å². The van der Waals surface area contributed by atoms with Crippen LogP contribution in [0.2, 0.25) is 0 Å². The molecule has 0 saturated carbocycles. The van der Waals surface area contributed by atoms with Crippen molar-refractivity contribution in [2.75, 3.05) is 0 Å². The Morgan fingerprint density at radius 3 is 2.82 bits per heavy atom. The fraction of sp³-hybridized carbons (Fsp3) is 0.125. The molecule has 1 aromatic heterocycles. The van der Waals surface area contributed by atoms with Crippen LogP contribution >= 0.6 is 11.3 Å². The van der Waals surface area contributed by atoms with E-state index in [0.717, 1.165) is 6.42 Å². The van der Waals surface area contributed by atoms with Gasteiger partial charge in [0.2, 0.25) is 0 Å². The molecule has 0 N–H and O–H groups in total. The highest BCUT2D eigenvalue weighted by atomic mass is 32.1. The SMILES string of the molecule is CC1=Cc2ccc3sc4ccccc4c3c2C1. The molecule has 0 saturated heterocycles. The molecule has 0 radical (unpaired) electrons. The number of thiophene rings is 1. The minimum atomic E-state index is 1.12. The first-order valence-corrected chi connectivity index (χ1v) is 6.75. The van der Waals surface area contributed by atoms with Gasteiger partial charge in [-0.3, -0.25) is 0 Å². The molecule has 0 amide bonds. The van der Waals surface area contributed by atoms with Crippen molar-refractivity contribution in [3.05, 3.63) is 53.1 Å². The smallest absolute Gasteiger partial charge is 0.0358 e. The second-order valence-electron chi connectivity index (χ2n) is 4.77. The van der Waals surface area contributed by atoms with Crippen LogP contribution in [-0.4, -0.2) is 0 Å². The first-order chi connectivity index (χ1) is 8.33. The lowest BCUT2D eigenvalue weighted by molar-refractivity contribution is 1.22. The second-order valence-corrected chi connectivity index (χ2v) is 5.86. The summed E-state index contributed by atoms with van der Waals surface area (Å²) in [6.45, 7) is 2.22. The molecule has 17 heavy (non-hydrogen) atoms. The Kier molecular flexibility index (Phi) is 1.78. The van der Waals surface area contributed by atoms with E-state index in [4.69, 9.17) is 0 Å². The highest BCUT2D eigenvalue weighted by molar-refractivity contribution is 7.25. The van der Waals surface area contributed by atoms with Gasteiger partial charge in [0.1, 0.15) is 0 Å². The van der Waals surface area contributed by atoms with Crippen LogP contribution < -0.4 is 0 Å². The van der Waals surface area contributed by atoms with Gasteiger partial charge in [0.25, 0.3) is 0 Å². The van der Waals surface area contributed by atoms with Crippen molar-refractivity contribution in [1.82, 2.24) is 0 Å². The van der Waals surface area contributed by atoms with Gasteiger partial charge in [0.05, 0.1) is 0 Å². The molecule has 3 aromatic rings. The number of allylic oxidation sites excluding steroid dienone is 1. The van der Waals surface area contributed by atoms with Crippen molar-refractivity contribution in [2.45, 2.75) is 13.3 Å². The second kappa shape index (κ2) is 3.21. The zero-order valence-electron chi connectivity index (χ0n) is 9.66. The van der Waals surface area contributed by atoms with E-state index in [2.05, 4.69) is 49.4 Å². The van der Waals surface area contributed by atoms with Gasteiger partial charge in [-0.2, -0.15) is 0 Å². The van der Waals surface area contributed by atoms with Gasteiger partial charge in [-0.25, -0.2) is 0 Å². The Balaban J connectivity index is 2.21. The summed E-state index contributed by atoms with van der Waals surface area (Å²) < 4.78 is 2.83. The topological polar surface area (TPSA) is 0 Å². The number of benzene rings is 2. The molecule has 2 aromatic carbocycles. The maximum Gasteiger partial charge on any atom is 0.0358 e. The summed E-state index contributed by atoms with van der Waals surface area (Å²) in [5.74, 6) is 0. The molecule has 1 heteroatoms. The van der Waals surface area contributed by atoms with E-state index in [1.165, 1.54) is 36.9 Å². The number of rotatable bonds is 0. The standard InChI is InChI=1S/C16H12S/c1-10-8-11-6-7-15-16(13(11)9-10)12-4-2-3-5-14(12)17-15/h2-8H,9H2,1H3. The van der Waals surface area contributed by atoms with E-state index in [1.54, 1.807) is 0 Å². The predicted octanol–water partition coefficient (Wildman–Crippen LogP) is 5.01. The van der Waals surface area contributed by atoms with Crippen LogP contribution in [0.15, 0.2) is 42.0 Å². The van der Waals surface area contributed by atoms with Crippen LogP contribution in [0.3, 0.4) is 0 Å². The van der Waals surface area contributed by atoms with E-state index >= 15 is 0 Å². The maximum absolute atomic E-state index is 2.32. The van der Waals surface area contributed by atoms with E-state index in [-0.39, 0.29) is 0 Å². The average Bonchev–Trinajstić information content (AvgIpc) is 2.87. The normalized spacial score (nSPS) is 14.3. The third-order valence-corrected chi connectivity index (χ3v) is 4.68. The van der Waals surface area contributed by atoms with Crippen molar-refractivity contribution in [3.63, 3.8) is 0 Å². The zero-order chi connectivity index (χ0) is 11.4. The number of hydrogen-bond donors (Lipinski definition) is 0. The summed E-state index contributed by atoms with van der Waals surface area (Å²) in [6.07, 6.45) is 3.44. The Morgan fingerprint density at radius 2 is 1.88 bits per heavy atom. The average molecular weight is 236 g/mol. The summed E-state index contributed by atoms with van der Waals surface area (Å²) in [4.78, 5) is 0. The van der Waals surface area contributed by atoms with Crippen molar-refractivity contribution in [1.29, 1.82) is 0 Å². The molecule has 0 atom stereocenters. The summed E-state index contributed by atoms with van der Waals surface area (Å²) in [7, 11) is 0. The lowest BCUT2D eigenvalue weighted by atomic mass is 10.0. The highest BCUT2D eigenvalue weighted by Gasteiger charge is 2.16. The van der Waals surface area contributed by atoms with Crippen molar-refractivity contribution >= 4 is 37.6 Å². The largest absolute Gasteiger partial charge is 0.135 e. The van der Waals surface area contributed by atoms with E-state index < -0.39 is 0 Å². The Bertz CT molecular complexity index is 775. The van der Waals surface area contributed by atoms with Gasteiger partial charge < -0.3 is 0 Å². The molecule has 0 unspecified atom stereocenters. The molecule has 0 bridgehead atoms. The highest BCUT2D eigenvalue weighted by Crippen LogP contribution is 2.40. The monoisotopic (exact) mass is 236 g/mol. The van der Waals surface area contributed by atoms with Crippen LogP contribution in [-0.2, 0) is 6.42 Å². The number of fused-ring (bicyclic) bond motifs is 5.